The van der Waals surface area contributed by atoms with Gasteiger partial charge in [-0.3, -0.25) is 4.79 Å². The zero-order chi connectivity index (χ0) is 29.3. The third-order valence-electron chi connectivity index (χ3n) is 8.20. The molecule has 1 aliphatic heterocycles. The molecule has 0 spiro atoms. The Morgan fingerprint density at radius 2 is 1.83 bits per heavy atom. The summed E-state index contributed by atoms with van der Waals surface area (Å²) >= 11 is 3.54. The fraction of sp³-hybridized carbons (Fsp3) is 0.406. The quantitative estimate of drug-likeness (QED) is 0.153. The summed E-state index contributed by atoms with van der Waals surface area (Å²) in [6, 6.07) is 19.4. The molecule has 2 aromatic carbocycles. The predicted octanol–water partition coefficient (Wildman–Crippen LogP) is 6.68. The number of aromatic nitrogens is 3. The minimum Gasteiger partial charge on any atom is -0.378 e. The number of amides is 1. The lowest BCUT2D eigenvalue weighted by atomic mass is 9.95. The number of morpholine rings is 1. The van der Waals surface area contributed by atoms with Crippen molar-refractivity contribution in [2.45, 2.75) is 50.7 Å². The molecular weight excluding hydrogens is 610 g/mol. The minimum atomic E-state index is -1.21. The van der Waals surface area contributed by atoms with E-state index in [4.69, 9.17) is 14.5 Å². The van der Waals surface area contributed by atoms with E-state index >= 15 is 0 Å². The first-order valence-corrected chi connectivity index (χ1v) is 19.2. The molecule has 1 saturated heterocycles. The molecular formula is C32H38BrN5O3Si. The molecule has 0 radical (unpaired) electrons. The van der Waals surface area contributed by atoms with Crippen LogP contribution in [-0.2, 0) is 26.4 Å². The summed E-state index contributed by atoms with van der Waals surface area (Å²) in [5.41, 5.74) is 4.29. The zero-order valence-electron chi connectivity index (χ0n) is 24.5. The van der Waals surface area contributed by atoms with E-state index in [9.17, 15) is 4.79 Å². The minimum absolute atomic E-state index is 0.0451. The fourth-order valence-electron chi connectivity index (χ4n) is 5.51. The maximum atomic E-state index is 13.4. The summed E-state index contributed by atoms with van der Waals surface area (Å²) in [6.45, 7) is 11.2. The summed E-state index contributed by atoms with van der Waals surface area (Å²) in [6.07, 6.45) is 3.36. The van der Waals surface area contributed by atoms with Crippen LogP contribution >= 0.6 is 15.9 Å². The van der Waals surface area contributed by atoms with Gasteiger partial charge in [0.05, 0.1) is 29.7 Å². The van der Waals surface area contributed by atoms with Crippen molar-refractivity contribution >= 4 is 52.4 Å². The van der Waals surface area contributed by atoms with Crippen molar-refractivity contribution in [2.75, 3.05) is 43.1 Å². The topological polar surface area (TPSA) is 81.5 Å². The van der Waals surface area contributed by atoms with E-state index in [1.54, 1.807) is 6.33 Å². The number of nitrogens with one attached hydrogen (secondary N) is 1. The number of rotatable bonds is 10. The molecule has 1 saturated carbocycles. The smallest absolute Gasteiger partial charge is 0.235 e. The first-order chi connectivity index (χ1) is 20.2. The van der Waals surface area contributed by atoms with Gasteiger partial charge in [-0.1, -0.05) is 59.8 Å². The van der Waals surface area contributed by atoms with Gasteiger partial charge in [-0.25, -0.2) is 9.97 Å². The summed E-state index contributed by atoms with van der Waals surface area (Å²) in [7, 11) is -1.21. The Kier molecular flexibility index (Phi) is 8.23. The largest absolute Gasteiger partial charge is 0.378 e. The number of fused-ring (bicyclic) bond motifs is 1. The third kappa shape index (κ3) is 6.17. The van der Waals surface area contributed by atoms with E-state index in [1.165, 1.54) is 0 Å². The van der Waals surface area contributed by atoms with Gasteiger partial charge < -0.3 is 24.3 Å². The molecule has 8 nitrogen and oxygen atoms in total. The van der Waals surface area contributed by atoms with Crippen molar-refractivity contribution in [2.24, 2.45) is 0 Å². The second-order valence-electron chi connectivity index (χ2n) is 12.5. The van der Waals surface area contributed by atoms with E-state index in [2.05, 4.69) is 73.5 Å². The van der Waals surface area contributed by atoms with Crippen LogP contribution in [0.5, 0.6) is 0 Å². The maximum absolute atomic E-state index is 13.4. The van der Waals surface area contributed by atoms with Crippen molar-refractivity contribution in [1.29, 1.82) is 0 Å². The molecule has 6 rings (SSSR count). The first-order valence-electron chi connectivity index (χ1n) is 14.7. The second kappa shape index (κ2) is 11.9. The fourth-order valence-corrected chi connectivity index (χ4v) is 6.67. The van der Waals surface area contributed by atoms with Crippen molar-refractivity contribution in [3.05, 3.63) is 71.0 Å². The Hall–Kier alpha value is -3.05. The standard InChI is InChI=1S/C32H38BrN5O3Si/c1-42(2,3)18-17-41-22-38-28(20-27-29(34-21-35-30(27)38)37-13-15-40-16-14-37)23-7-9-26(10-8-23)36-31(39)32(11-12-32)24-5-4-6-25(33)19-24/h4-10,19-21H,11-18,22H2,1-3H3,(H,36,39). The van der Waals surface area contributed by atoms with Crippen LogP contribution in [-0.4, -0.2) is 61.4 Å². The van der Waals surface area contributed by atoms with Gasteiger partial charge in [0.2, 0.25) is 5.91 Å². The van der Waals surface area contributed by atoms with Gasteiger partial charge in [-0.15, -0.1) is 0 Å². The number of carbonyl (C=O) groups excluding carboxylic acids is 1. The molecule has 220 valence electrons. The van der Waals surface area contributed by atoms with Crippen molar-refractivity contribution < 1.29 is 14.3 Å². The van der Waals surface area contributed by atoms with E-state index in [0.29, 0.717) is 19.9 Å². The molecule has 1 amide bonds. The Morgan fingerprint density at radius 1 is 1.07 bits per heavy atom. The zero-order valence-corrected chi connectivity index (χ0v) is 27.1. The van der Waals surface area contributed by atoms with Crippen LogP contribution in [0.15, 0.2) is 65.4 Å². The number of carbonyl (C=O) groups is 1. The molecule has 0 unspecified atom stereocenters. The number of hydrogen-bond acceptors (Lipinski definition) is 6. The molecule has 42 heavy (non-hydrogen) atoms. The molecule has 2 fully saturated rings. The van der Waals surface area contributed by atoms with Crippen molar-refractivity contribution in [3.8, 4) is 11.3 Å². The highest BCUT2D eigenvalue weighted by Crippen LogP contribution is 2.49. The molecule has 3 heterocycles. The number of hydrogen-bond donors (Lipinski definition) is 1. The Bertz CT molecular complexity index is 1570. The number of benzene rings is 2. The van der Waals surface area contributed by atoms with Crippen LogP contribution in [0, 0.1) is 0 Å². The van der Waals surface area contributed by atoms with Gasteiger partial charge in [0.15, 0.2) is 0 Å². The van der Waals surface area contributed by atoms with Crippen LogP contribution in [0.3, 0.4) is 0 Å². The molecule has 1 aliphatic carbocycles. The highest BCUT2D eigenvalue weighted by molar-refractivity contribution is 9.10. The Balaban J connectivity index is 1.27. The summed E-state index contributed by atoms with van der Waals surface area (Å²) in [5, 5.41) is 4.17. The van der Waals surface area contributed by atoms with Gasteiger partial charge in [0.25, 0.3) is 0 Å². The Labute approximate surface area is 256 Å². The number of ether oxygens (including phenoxy) is 2. The lowest BCUT2D eigenvalue weighted by molar-refractivity contribution is -0.118. The molecule has 1 N–H and O–H groups in total. The maximum Gasteiger partial charge on any atom is 0.235 e. The van der Waals surface area contributed by atoms with Crippen molar-refractivity contribution in [3.63, 3.8) is 0 Å². The normalized spacial score (nSPS) is 16.5. The molecule has 0 bridgehead atoms. The van der Waals surface area contributed by atoms with E-state index in [1.807, 2.05) is 36.4 Å². The van der Waals surface area contributed by atoms with E-state index < -0.39 is 13.5 Å². The lowest BCUT2D eigenvalue weighted by Crippen LogP contribution is -2.36. The van der Waals surface area contributed by atoms with Gasteiger partial charge in [0.1, 0.15) is 24.5 Å². The van der Waals surface area contributed by atoms with Gasteiger partial charge >= 0.3 is 0 Å². The third-order valence-corrected chi connectivity index (χ3v) is 10.4. The summed E-state index contributed by atoms with van der Waals surface area (Å²) in [5.74, 6) is 0.972. The van der Waals surface area contributed by atoms with Crippen LogP contribution in [0.2, 0.25) is 25.7 Å². The molecule has 0 atom stereocenters. The first kappa shape index (κ1) is 29.0. The molecule has 10 heteroatoms. The predicted molar refractivity (Wildman–Crippen MR) is 174 cm³/mol. The lowest BCUT2D eigenvalue weighted by Gasteiger charge is -2.28. The number of anilines is 2. The summed E-state index contributed by atoms with van der Waals surface area (Å²) in [4.78, 5) is 25.0. The highest BCUT2D eigenvalue weighted by Gasteiger charge is 2.51. The van der Waals surface area contributed by atoms with Gasteiger partial charge in [-0.05, 0) is 60.3 Å². The molecule has 2 aromatic heterocycles. The van der Waals surface area contributed by atoms with E-state index in [-0.39, 0.29) is 5.91 Å². The second-order valence-corrected chi connectivity index (χ2v) is 19.0. The summed E-state index contributed by atoms with van der Waals surface area (Å²) < 4.78 is 14.9. The van der Waals surface area contributed by atoms with E-state index in [0.717, 1.165) is 82.4 Å². The van der Waals surface area contributed by atoms with Crippen LogP contribution in [0.1, 0.15) is 18.4 Å². The van der Waals surface area contributed by atoms with Crippen LogP contribution in [0.25, 0.3) is 22.3 Å². The number of nitrogens with zero attached hydrogens (tertiary/aromatic N) is 4. The average molecular weight is 649 g/mol. The molecule has 4 aromatic rings. The Morgan fingerprint density at radius 3 is 2.52 bits per heavy atom. The highest BCUT2D eigenvalue weighted by atomic mass is 79.9. The average Bonchev–Trinajstić information content (AvgIpc) is 3.72. The number of halogens is 1. The SMILES string of the molecule is C[Si](C)(C)CCOCn1c(-c2ccc(NC(=O)C3(c4cccc(Br)c4)CC3)cc2)cc2c(N3CCOCC3)ncnc21. The van der Waals surface area contributed by atoms with Crippen LogP contribution in [0.4, 0.5) is 11.5 Å². The monoisotopic (exact) mass is 647 g/mol. The van der Waals surface area contributed by atoms with Gasteiger partial charge in [-0.2, -0.15) is 0 Å². The molecule has 2 aliphatic rings. The van der Waals surface area contributed by atoms with Crippen LogP contribution < -0.4 is 10.2 Å². The van der Waals surface area contributed by atoms with Gasteiger partial charge in [0, 0.05) is 37.9 Å². The van der Waals surface area contributed by atoms with Crippen molar-refractivity contribution in [1.82, 2.24) is 14.5 Å².